The zero-order valence-corrected chi connectivity index (χ0v) is 14.8. The zero-order chi connectivity index (χ0) is 15.1. The Labute approximate surface area is 137 Å². The van der Waals surface area contributed by atoms with Crippen LogP contribution in [0.3, 0.4) is 0 Å². The lowest BCUT2D eigenvalue weighted by Gasteiger charge is -2.24. The van der Waals surface area contributed by atoms with Crippen LogP contribution in [0.25, 0.3) is 0 Å². The average molecular weight is 355 g/mol. The number of rotatable bonds is 8. The number of benzene rings is 1. The number of ether oxygens (including phenoxy) is 1. The second-order valence-electron chi connectivity index (χ2n) is 5.98. The fourth-order valence-corrected chi connectivity index (χ4v) is 3.51. The van der Waals surface area contributed by atoms with Gasteiger partial charge in [0.2, 0.25) is 0 Å². The van der Waals surface area contributed by atoms with Crippen molar-refractivity contribution in [3.8, 4) is 0 Å². The Morgan fingerprint density at radius 3 is 2.76 bits per heavy atom. The molecule has 0 spiro atoms. The zero-order valence-electron chi connectivity index (χ0n) is 13.2. The smallest absolute Gasteiger partial charge is 0.0587 e. The monoisotopic (exact) mass is 354 g/mol. The van der Waals surface area contributed by atoms with Crippen molar-refractivity contribution in [1.82, 2.24) is 5.32 Å². The maximum absolute atomic E-state index is 5.04. The molecule has 1 aromatic rings. The third-order valence-corrected chi connectivity index (χ3v) is 5.02. The highest BCUT2D eigenvalue weighted by molar-refractivity contribution is 9.10. The topological polar surface area (TPSA) is 24.5 Å². The molecule has 0 heterocycles. The minimum atomic E-state index is 0.750. The minimum absolute atomic E-state index is 0.750. The molecule has 21 heavy (non-hydrogen) atoms. The van der Waals surface area contributed by atoms with E-state index < -0.39 is 0 Å². The van der Waals surface area contributed by atoms with Gasteiger partial charge in [0.15, 0.2) is 0 Å². The number of anilines is 1. The number of nitrogens with zero attached hydrogens (tertiary/aromatic N) is 1. The fraction of sp³-hybridized carbons (Fsp3) is 0.647. The normalized spacial score (nSPS) is 15.6. The molecule has 0 aliphatic heterocycles. The summed E-state index contributed by atoms with van der Waals surface area (Å²) in [5.74, 6) is 0.879. The van der Waals surface area contributed by atoms with Gasteiger partial charge in [-0.3, -0.25) is 0 Å². The first-order chi connectivity index (χ1) is 10.2. The van der Waals surface area contributed by atoms with Crippen LogP contribution in [0.2, 0.25) is 0 Å². The molecule has 1 saturated carbocycles. The van der Waals surface area contributed by atoms with Crippen molar-refractivity contribution in [2.75, 3.05) is 38.8 Å². The Bertz CT molecular complexity index is 433. The van der Waals surface area contributed by atoms with E-state index in [9.17, 15) is 0 Å². The summed E-state index contributed by atoms with van der Waals surface area (Å²) in [4.78, 5) is 2.39. The predicted octanol–water partition coefficient (Wildman–Crippen LogP) is 3.81. The number of nitrogens with one attached hydrogen (secondary N) is 1. The second kappa shape index (κ2) is 8.76. The molecule has 1 aliphatic rings. The van der Waals surface area contributed by atoms with Crippen LogP contribution < -0.4 is 10.2 Å². The summed E-state index contributed by atoms with van der Waals surface area (Å²) in [7, 11) is 3.93. The van der Waals surface area contributed by atoms with Gasteiger partial charge < -0.3 is 15.0 Å². The molecule has 1 N–H and O–H groups in total. The highest BCUT2D eigenvalue weighted by atomic mass is 79.9. The van der Waals surface area contributed by atoms with Crippen molar-refractivity contribution in [2.24, 2.45) is 5.92 Å². The summed E-state index contributed by atoms with van der Waals surface area (Å²) in [6, 6.07) is 6.68. The molecule has 0 unspecified atom stereocenters. The summed E-state index contributed by atoms with van der Waals surface area (Å²) >= 11 is 3.70. The molecular formula is C17H27BrN2O. The number of halogens is 1. The highest BCUT2D eigenvalue weighted by Gasteiger charge is 2.17. The van der Waals surface area contributed by atoms with Crippen LogP contribution in [0.4, 0.5) is 5.69 Å². The Morgan fingerprint density at radius 2 is 2.10 bits per heavy atom. The lowest BCUT2D eigenvalue weighted by Crippen LogP contribution is -2.24. The molecule has 0 bridgehead atoms. The average Bonchev–Trinajstić information content (AvgIpc) is 2.97. The predicted molar refractivity (Wildman–Crippen MR) is 93.0 cm³/mol. The molecule has 3 nitrogen and oxygen atoms in total. The van der Waals surface area contributed by atoms with E-state index in [0.717, 1.165) is 25.6 Å². The Hall–Kier alpha value is -0.580. The summed E-state index contributed by atoms with van der Waals surface area (Å²) < 4.78 is 6.23. The fourth-order valence-electron chi connectivity index (χ4n) is 3.00. The molecule has 1 fully saturated rings. The third-order valence-electron chi connectivity index (χ3n) is 4.28. The van der Waals surface area contributed by atoms with Crippen molar-refractivity contribution in [3.05, 3.63) is 28.2 Å². The van der Waals surface area contributed by atoms with Gasteiger partial charge in [-0.25, -0.2) is 0 Å². The van der Waals surface area contributed by atoms with Gasteiger partial charge >= 0.3 is 0 Å². The van der Waals surface area contributed by atoms with Crippen LogP contribution in [0, 0.1) is 5.92 Å². The SMILES string of the molecule is COCCNCc1ccc(N(C)CC2CCCC2)cc1Br. The van der Waals surface area contributed by atoms with Crippen LogP contribution in [0.15, 0.2) is 22.7 Å². The third kappa shape index (κ3) is 5.28. The maximum atomic E-state index is 5.04. The van der Waals surface area contributed by atoms with Crippen LogP contribution in [-0.4, -0.2) is 33.9 Å². The van der Waals surface area contributed by atoms with Crippen LogP contribution >= 0.6 is 15.9 Å². The van der Waals surface area contributed by atoms with Gasteiger partial charge in [0.25, 0.3) is 0 Å². The van der Waals surface area contributed by atoms with E-state index in [0.29, 0.717) is 0 Å². The molecule has 2 rings (SSSR count). The van der Waals surface area contributed by atoms with Crippen molar-refractivity contribution < 1.29 is 4.74 Å². The minimum Gasteiger partial charge on any atom is -0.383 e. The van der Waals surface area contributed by atoms with E-state index in [1.165, 1.54) is 48.0 Å². The van der Waals surface area contributed by atoms with E-state index in [4.69, 9.17) is 4.74 Å². The molecular weight excluding hydrogens is 328 g/mol. The quantitative estimate of drug-likeness (QED) is 0.718. The van der Waals surface area contributed by atoms with E-state index in [2.05, 4.69) is 51.4 Å². The molecule has 1 aliphatic carbocycles. The summed E-state index contributed by atoms with van der Waals surface area (Å²) in [5.41, 5.74) is 2.60. The Balaban J connectivity index is 1.87. The number of hydrogen-bond acceptors (Lipinski definition) is 3. The van der Waals surface area contributed by atoms with Gasteiger partial charge in [-0.05, 0) is 36.5 Å². The highest BCUT2D eigenvalue weighted by Crippen LogP contribution is 2.28. The molecule has 1 aromatic carbocycles. The molecule has 0 saturated heterocycles. The molecule has 0 radical (unpaired) electrons. The summed E-state index contributed by atoms with van der Waals surface area (Å²) in [5, 5.41) is 3.38. The number of methoxy groups -OCH3 is 1. The second-order valence-corrected chi connectivity index (χ2v) is 6.83. The lowest BCUT2D eigenvalue weighted by molar-refractivity contribution is 0.199. The van der Waals surface area contributed by atoms with Gasteiger partial charge in [0.05, 0.1) is 6.61 Å². The maximum Gasteiger partial charge on any atom is 0.0587 e. The number of hydrogen-bond donors (Lipinski definition) is 1. The van der Waals surface area contributed by atoms with E-state index in [1.807, 2.05) is 0 Å². The molecule has 0 aromatic heterocycles. The molecule has 0 amide bonds. The van der Waals surface area contributed by atoms with Gasteiger partial charge in [-0.15, -0.1) is 0 Å². The lowest BCUT2D eigenvalue weighted by atomic mass is 10.1. The van der Waals surface area contributed by atoms with Crippen LogP contribution in [0.1, 0.15) is 31.2 Å². The van der Waals surface area contributed by atoms with Crippen molar-refractivity contribution in [3.63, 3.8) is 0 Å². The van der Waals surface area contributed by atoms with E-state index >= 15 is 0 Å². The first-order valence-electron chi connectivity index (χ1n) is 7.90. The van der Waals surface area contributed by atoms with Crippen molar-refractivity contribution in [1.29, 1.82) is 0 Å². The first-order valence-corrected chi connectivity index (χ1v) is 8.69. The first kappa shape index (κ1) is 16.8. The molecule has 4 heteroatoms. The standard InChI is InChI=1S/C17H27BrN2O/c1-20(13-14-5-3-4-6-14)16-8-7-15(17(18)11-16)12-19-9-10-21-2/h7-8,11,14,19H,3-6,9-10,12-13H2,1-2H3. The van der Waals surface area contributed by atoms with Crippen LogP contribution in [-0.2, 0) is 11.3 Å². The van der Waals surface area contributed by atoms with E-state index in [1.54, 1.807) is 7.11 Å². The van der Waals surface area contributed by atoms with Crippen molar-refractivity contribution >= 4 is 21.6 Å². The van der Waals surface area contributed by atoms with Gasteiger partial charge in [0.1, 0.15) is 0 Å². The van der Waals surface area contributed by atoms with Gasteiger partial charge in [0, 0.05) is 44.0 Å². The van der Waals surface area contributed by atoms with Crippen LogP contribution in [0.5, 0.6) is 0 Å². The largest absolute Gasteiger partial charge is 0.383 e. The Kier molecular flexibility index (Phi) is 7.00. The van der Waals surface area contributed by atoms with Crippen molar-refractivity contribution in [2.45, 2.75) is 32.2 Å². The Morgan fingerprint density at radius 1 is 1.33 bits per heavy atom. The van der Waals surface area contributed by atoms with Gasteiger partial charge in [-0.1, -0.05) is 34.8 Å². The molecule has 0 atom stereocenters. The summed E-state index contributed by atoms with van der Waals surface area (Å²) in [6.07, 6.45) is 5.61. The molecule has 118 valence electrons. The van der Waals surface area contributed by atoms with E-state index in [-0.39, 0.29) is 0 Å². The van der Waals surface area contributed by atoms with Gasteiger partial charge in [-0.2, -0.15) is 0 Å². The summed E-state index contributed by atoms with van der Waals surface area (Å²) in [6.45, 7) is 3.68.